The highest BCUT2D eigenvalue weighted by atomic mass is 16.6. The molecule has 2 aromatic carbocycles. The summed E-state index contributed by atoms with van der Waals surface area (Å²) >= 11 is 0. The summed E-state index contributed by atoms with van der Waals surface area (Å²) < 4.78 is 5.71. The van der Waals surface area contributed by atoms with Crippen molar-refractivity contribution in [2.75, 3.05) is 6.61 Å². The summed E-state index contributed by atoms with van der Waals surface area (Å²) in [7, 11) is 0. The number of hydrogen-bond acceptors (Lipinski definition) is 4. The molecule has 0 saturated heterocycles. The zero-order chi connectivity index (χ0) is 17.7. The fourth-order valence-corrected chi connectivity index (χ4v) is 2.28. The Bertz CT molecular complexity index is 758. The Kier molecular flexibility index (Phi) is 5.52. The van der Waals surface area contributed by atoms with Gasteiger partial charge in [-0.2, -0.15) is 0 Å². The lowest BCUT2D eigenvalue weighted by Crippen LogP contribution is -2.36. The largest absolute Gasteiger partial charge is 0.491 e. The molecule has 1 N–H and O–H groups in total. The number of carbonyl (C=O) groups is 1. The molecule has 126 valence electrons. The molecule has 6 nitrogen and oxygen atoms in total. The van der Waals surface area contributed by atoms with Gasteiger partial charge in [0.15, 0.2) is 0 Å². The first-order chi connectivity index (χ1) is 11.4. The molecular formula is C18H20N2O4. The average Bonchev–Trinajstić information content (AvgIpc) is 2.53. The molecule has 0 spiro atoms. The lowest BCUT2D eigenvalue weighted by Gasteiger charge is -2.16. The molecule has 0 unspecified atom stereocenters. The number of aryl methyl sites for hydroxylation is 2. The normalized spacial score (nSPS) is 11.6. The molecule has 0 aliphatic rings. The van der Waals surface area contributed by atoms with E-state index in [-0.39, 0.29) is 17.6 Å². The SMILES string of the molecule is Cc1ccccc1OC[C@@H](C)NC(=O)c1ccc([N+](=O)[O-])c(C)c1. The highest BCUT2D eigenvalue weighted by molar-refractivity contribution is 5.94. The smallest absolute Gasteiger partial charge is 0.272 e. The van der Waals surface area contributed by atoms with Gasteiger partial charge in [0.25, 0.3) is 11.6 Å². The van der Waals surface area contributed by atoms with Crippen LogP contribution in [-0.4, -0.2) is 23.5 Å². The van der Waals surface area contributed by atoms with Gasteiger partial charge in [0.1, 0.15) is 12.4 Å². The molecule has 24 heavy (non-hydrogen) atoms. The summed E-state index contributed by atoms with van der Waals surface area (Å²) in [5.41, 5.74) is 1.88. The molecule has 0 saturated carbocycles. The molecule has 2 aromatic rings. The Labute approximate surface area is 140 Å². The van der Waals surface area contributed by atoms with Crippen LogP contribution in [0.4, 0.5) is 5.69 Å². The van der Waals surface area contributed by atoms with E-state index in [1.165, 1.54) is 18.2 Å². The van der Waals surface area contributed by atoms with Gasteiger partial charge in [-0.15, -0.1) is 0 Å². The van der Waals surface area contributed by atoms with Crippen LogP contribution >= 0.6 is 0 Å². The Hall–Kier alpha value is -2.89. The molecular weight excluding hydrogens is 308 g/mol. The monoisotopic (exact) mass is 328 g/mol. The highest BCUT2D eigenvalue weighted by Gasteiger charge is 2.15. The van der Waals surface area contributed by atoms with E-state index in [1.807, 2.05) is 38.1 Å². The first kappa shape index (κ1) is 17.5. The third-order valence-electron chi connectivity index (χ3n) is 3.62. The lowest BCUT2D eigenvalue weighted by molar-refractivity contribution is -0.385. The molecule has 0 bridgehead atoms. The molecule has 6 heteroatoms. The maximum absolute atomic E-state index is 12.2. The standard InChI is InChI=1S/C18H20N2O4/c1-12-6-4-5-7-17(12)24-11-14(3)19-18(21)15-8-9-16(20(22)23)13(2)10-15/h4-10,14H,11H2,1-3H3,(H,19,21)/t14-/m1/s1. The number of nitrogens with one attached hydrogen (secondary N) is 1. The zero-order valence-corrected chi connectivity index (χ0v) is 13.9. The van der Waals surface area contributed by atoms with E-state index in [0.29, 0.717) is 17.7 Å². The lowest BCUT2D eigenvalue weighted by atomic mass is 10.1. The highest BCUT2D eigenvalue weighted by Crippen LogP contribution is 2.19. The van der Waals surface area contributed by atoms with E-state index < -0.39 is 4.92 Å². The van der Waals surface area contributed by atoms with Crippen LogP contribution in [0.25, 0.3) is 0 Å². The molecule has 1 atom stereocenters. The Morgan fingerprint density at radius 2 is 1.92 bits per heavy atom. The van der Waals surface area contributed by atoms with Gasteiger partial charge in [-0.05, 0) is 44.5 Å². The van der Waals surface area contributed by atoms with E-state index in [4.69, 9.17) is 4.74 Å². The number of amides is 1. The number of benzene rings is 2. The number of para-hydroxylation sites is 1. The minimum atomic E-state index is -0.463. The zero-order valence-electron chi connectivity index (χ0n) is 13.9. The number of nitrogens with zero attached hydrogens (tertiary/aromatic N) is 1. The molecule has 0 aromatic heterocycles. The van der Waals surface area contributed by atoms with Crippen LogP contribution in [0.15, 0.2) is 42.5 Å². The van der Waals surface area contributed by atoms with Gasteiger partial charge in [-0.25, -0.2) is 0 Å². The van der Waals surface area contributed by atoms with Crippen LogP contribution in [-0.2, 0) is 0 Å². The van der Waals surface area contributed by atoms with Crippen molar-refractivity contribution in [3.63, 3.8) is 0 Å². The van der Waals surface area contributed by atoms with Crippen molar-refractivity contribution in [1.29, 1.82) is 0 Å². The minimum Gasteiger partial charge on any atom is -0.491 e. The molecule has 0 aliphatic heterocycles. The summed E-state index contributed by atoms with van der Waals surface area (Å²) in [5.74, 6) is 0.499. The molecule has 0 heterocycles. The van der Waals surface area contributed by atoms with E-state index in [2.05, 4.69) is 5.32 Å². The van der Waals surface area contributed by atoms with Crippen molar-refractivity contribution in [3.8, 4) is 5.75 Å². The average molecular weight is 328 g/mol. The maximum Gasteiger partial charge on any atom is 0.272 e. The van der Waals surface area contributed by atoms with Crippen LogP contribution < -0.4 is 10.1 Å². The second kappa shape index (κ2) is 7.59. The Balaban J connectivity index is 1.95. The summed E-state index contributed by atoms with van der Waals surface area (Å²) in [6, 6.07) is 11.8. The molecule has 2 rings (SSSR count). The first-order valence-electron chi connectivity index (χ1n) is 7.63. The fourth-order valence-electron chi connectivity index (χ4n) is 2.28. The molecule has 0 fully saturated rings. The predicted octanol–water partition coefficient (Wildman–Crippen LogP) is 3.41. The summed E-state index contributed by atoms with van der Waals surface area (Å²) in [5, 5.41) is 13.6. The van der Waals surface area contributed by atoms with Gasteiger partial charge < -0.3 is 10.1 Å². The summed E-state index contributed by atoms with van der Waals surface area (Å²) in [6.07, 6.45) is 0. The number of nitro benzene ring substituents is 1. The molecule has 0 aliphatic carbocycles. The van der Waals surface area contributed by atoms with E-state index >= 15 is 0 Å². The van der Waals surface area contributed by atoms with Gasteiger partial charge >= 0.3 is 0 Å². The van der Waals surface area contributed by atoms with Gasteiger partial charge in [-0.3, -0.25) is 14.9 Å². The topological polar surface area (TPSA) is 81.5 Å². The number of nitro groups is 1. The summed E-state index contributed by atoms with van der Waals surface area (Å²) in [4.78, 5) is 22.6. The Morgan fingerprint density at radius 1 is 1.21 bits per heavy atom. The number of hydrogen-bond donors (Lipinski definition) is 1. The third kappa shape index (κ3) is 4.32. The molecule has 1 amide bonds. The second-order valence-electron chi connectivity index (χ2n) is 5.71. The van der Waals surface area contributed by atoms with Gasteiger partial charge in [0.2, 0.25) is 0 Å². The Morgan fingerprint density at radius 3 is 2.54 bits per heavy atom. The van der Waals surface area contributed by atoms with E-state index in [9.17, 15) is 14.9 Å². The van der Waals surface area contributed by atoms with Gasteiger partial charge in [0.05, 0.1) is 11.0 Å². The quantitative estimate of drug-likeness (QED) is 0.651. The van der Waals surface area contributed by atoms with Crippen molar-refractivity contribution in [2.24, 2.45) is 0 Å². The van der Waals surface area contributed by atoms with Crippen LogP contribution in [0.5, 0.6) is 5.75 Å². The predicted molar refractivity (Wildman–Crippen MR) is 91.4 cm³/mol. The minimum absolute atomic E-state index is 0.00230. The second-order valence-corrected chi connectivity index (χ2v) is 5.71. The number of rotatable bonds is 6. The van der Waals surface area contributed by atoms with E-state index in [1.54, 1.807) is 6.92 Å². The van der Waals surface area contributed by atoms with E-state index in [0.717, 1.165) is 11.3 Å². The third-order valence-corrected chi connectivity index (χ3v) is 3.62. The van der Waals surface area contributed by atoms with Crippen molar-refractivity contribution in [3.05, 3.63) is 69.3 Å². The summed E-state index contributed by atoms with van der Waals surface area (Å²) in [6.45, 7) is 5.74. The first-order valence-corrected chi connectivity index (χ1v) is 7.63. The maximum atomic E-state index is 12.2. The molecule has 0 radical (unpaired) electrons. The van der Waals surface area contributed by atoms with Crippen LogP contribution in [0, 0.1) is 24.0 Å². The number of ether oxygens (including phenoxy) is 1. The van der Waals surface area contributed by atoms with Gasteiger partial charge in [0, 0.05) is 17.2 Å². The van der Waals surface area contributed by atoms with Crippen LogP contribution in [0.3, 0.4) is 0 Å². The van der Waals surface area contributed by atoms with Crippen molar-refractivity contribution < 1.29 is 14.5 Å². The van der Waals surface area contributed by atoms with Crippen LogP contribution in [0.1, 0.15) is 28.4 Å². The van der Waals surface area contributed by atoms with Crippen LogP contribution in [0.2, 0.25) is 0 Å². The van der Waals surface area contributed by atoms with Crippen molar-refractivity contribution in [1.82, 2.24) is 5.32 Å². The van der Waals surface area contributed by atoms with Gasteiger partial charge in [-0.1, -0.05) is 18.2 Å². The number of carbonyl (C=O) groups excluding carboxylic acids is 1. The van der Waals surface area contributed by atoms with Crippen molar-refractivity contribution in [2.45, 2.75) is 26.8 Å². The fraction of sp³-hybridized carbons (Fsp3) is 0.278. The van der Waals surface area contributed by atoms with Crippen molar-refractivity contribution >= 4 is 11.6 Å².